The SMILES string of the molecule is CC(C)[P+](CCCCO)(C(C)C)C(C)C.CC(C)[P+](CCCCO)(C(C)C)C(C)C.O=S(=O)([O-])[O-]. The van der Waals surface area contributed by atoms with Crippen molar-refractivity contribution in [2.45, 2.75) is 143 Å². The highest BCUT2D eigenvalue weighted by molar-refractivity contribution is 7.79. The smallest absolute Gasteiger partial charge is 0.0646 e. The van der Waals surface area contributed by atoms with Crippen LogP contribution in [0, 0.1) is 0 Å². The van der Waals surface area contributed by atoms with Gasteiger partial charge in [0, 0.05) is 38.1 Å². The molecule has 0 aliphatic carbocycles. The third-order valence-corrected chi connectivity index (χ3v) is 21.4. The monoisotopic (exact) mass is 562 g/mol. The van der Waals surface area contributed by atoms with Crippen molar-refractivity contribution in [3.8, 4) is 0 Å². The van der Waals surface area contributed by atoms with Crippen molar-refractivity contribution < 1.29 is 27.7 Å². The molecule has 0 rings (SSSR count). The Morgan fingerprint density at radius 2 is 0.686 bits per heavy atom. The second-order valence-electron chi connectivity index (χ2n) is 11.3. The molecule has 0 aromatic heterocycles. The van der Waals surface area contributed by atoms with Crippen LogP contribution < -0.4 is 0 Å². The van der Waals surface area contributed by atoms with E-state index in [0.717, 1.165) is 46.8 Å². The van der Waals surface area contributed by atoms with Crippen LogP contribution in [-0.2, 0) is 10.4 Å². The summed E-state index contributed by atoms with van der Waals surface area (Å²) in [4.78, 5) is 0. The first-order valence-corrected chi connectivity index (χ1v) is 19.1. The van der Waals surface area contributed by atoms with Crippen molar-refractivity contribution in [2.75, 3.05) is 25.5 Å². The minimum Gasteiger partial charge on any atom is -0.759 e. The van der Waals surface area contributed by atoms with E-state index in [9.17, 15) is 0 Å². The summed E-state index contributed by atoms with van der Waals surface area (Å²) in [5.41, 5.74) is 4.98. The van der Waals surface area contributed by atoms with Gasteiger partial charge in [-0.1, -0.05) is 0 Å². The Labute approximate surface area is 220 Å². The van der Waals surface area contributed by atoms with E-state index in [1.54, 1.807) is 0 Å². The lowest BCUT2D eigenvalue weighted by molar-refractivity contribution is 0.287. The number of hydrogen-bond donors (Lipinski definition) is 2. The molecule has 0 spiro atoms. The average Bonchev–Trinajstić information content (AvgIpc) is 2.66. The summed E-state index contributed by atoms with van der Waals surface area (Å²) < 4.78 is 34.1. The van der Waals surface area contributed by atoms with Gasteiger partial charge in [0.2, 0.25) is 0 Å². The molecule has 0 bridgehead atoms. The van der Waals surface area contributed by atoms with E-state index >= 15 is 0 Å². The van der Waals surface area contributed by atoms with Crippen molar-refractivity contribution in [3.05, 3.63) is 0 Å². The van der Waals surface area contributed by atoms with Crippen molar-refractivity contribution >= 4 is 24.9 Å². The molecule has 0 aromatic carbocycles. The van der Waals surface area contributed by atoms with E-state index in [2.05, 4.69) is 83.1 Å². The number of hydrogen-bond acceptors (Lipinski definition) is 6. The third kappa shape index (κ3) is 15.6. The maximum atomic E-state index is 8.89. The van der Waals surface area contributed by atoms with Gasteiger partial charge in [0.05, 0.1) is 46.3 Å². The molecule has 0 aliphatic rings. The molecule has 0 atom stereocenters. The predicted molar refractivity (Wildman–Crippen MR) is 158 cm³/mol. The van der Waals surface area contributed by atoms with E-state index in [1.807, 2.05) is 0 Å². The van der Waals surface area contributed by atoms with E-state index in [1.165, 1.54) is 25.2 Å². The van der Waals surface area contributed by atoms with Crippen LogP contribution in [0.4, 0.5) is 0 Å². The summed E-state index contributed by atoms with van der Waals surface area (Å²) >= 11 is 0. The zero-order valence-corrected chi connectivity index (χ0v) is 27.6. The first-order valence-electron chi connectivity index (χ1n) is 13.4. The zero-order valence-electron chi connectivity index (χ0n) is 25.0. The Bertz CT molecular complexity index is 515. The quantitative estimate of drug-likeness (QED) is 0.106. The van der Waals surface area contributed by atoms with Gasteiger partial charge in [-0.25, -0.2) is 0 Å². The van der Waals surface area contributed by atoms with Gasteiger partial charge in [-0.3, -0.25) is 8.42 Å². The molecule has 2 N–H and O–H groups in total. The average molecular weight is 563 g/mol. The van der Waals surface area contributed by atoms with E-state index in [0.29, 0.717) is 13.2 Å². The summed E-state index contributed by atoms with van der Waals surface area (Å²) in [5.74, 6) is 0. The van der Waals surface area contributed by atoms with E-state index < -0.39 is 24.9 Å². The molecule has 0 amide bonds. The third-order valence-electron chi connectivity index (χ3n) is 7.68. The molecule has 0 saturated heterocycles. The van der Waals surface area contributed by atoms with Gasteiger partial charge in [0.15, 0.2) is 0 Å². The van der Waals surface area contributed by atoms with Crippen molar-refractivity contribution in [1.82, 2.24) is 0 Å². The summed E-state index contributed by atoms with van der Waals surface area (Å²) in [5, 5.41) is 17.8. The zero-order chi connectivity index (χ0) is 28.6. The fourth-order valence-electron chi connectivity index (χ4n) is 6.12. The second-order valence-corrected chi connectivity index (χ2v) is 23.2. The van der Waals surface area contributed by atoms with Gasteiger partial charge < -0.3 is 19.3 Å². The summed E-state index contributed by atoms with van der Waals surface area (Å²) in [7, 11) is -6.87. The van der Waals surface area contributed by atoms with E-state index in [4.69, 9.17) is 27.7 Å². The number of unbranched alkanes of at least 4 members (excludes halogenated alkanes) is 2. The molecule has 9 heteroatoms. The first kappa shape index (κ1) is 40.2. The number of aliphatic hydroxyl groups excluding tert-OH is 2. The van der Waals surface area contributed by atoms with Crippen LogP contribution in [0.1, 0.15) is 109 Å². The topological polar surface area (TPSA) is 121 Å². The van der Waals surface area contributed by atoms with Gasteiger partial charge in [-0.15, -0.1) is 0 Å². The predicted octanol–water partition coefficient (Wildman–Crippen LogP) is 6.67. The molecular weight excluding hydrogens is 502 g/mol. The van der Waals surface area contributed by atoms with Crippen LogP contribution in [0.2, 0.25) is 0 Å². The molecule has 35 heavy (non-hydrogen) atoms. The van der Waals surface area contributed by atoms with Crippen LogP contribution in [0.5, 0.6) is 0 Å². The Balaban J connectivity index is -0.000000491. The van der Waals surface area contributed by atoms with Crippen LogP contribution in [0.25, 0.3) is 0 Å². The lowest BCUT2D eigenvalue weighted by Gasteiger charge is -2.38. The van der Waals surface area contributed by atoms with Gasteiger partial charge in [-0.05, 0) is 109 Å². The summed E-state index contributed by atoms with van der Waals surface area (Å²) in [6.07, 6.45) is 7.10. The van der Waals surface area contributed by atoms with Crippen LogP contribution in [-0.4, -0.2) is 87.2 Å². The largest absolute Gasteiger partial charge is 0.759 e. The van der Waals surface area contributed by atoms with Crippen LogP contribution in [0.3, 0.4) is 0 Å². The highest BCUT2D eigenvalue weighted by Crippen LogP contribution is 2.71. The molecule has 6 nitrogen and oxygen atoms in total. The normalized spacial score (nSPS) is 13.0. The molecule has 0 saturated carbocycles. The van der Waals surface area contributed by atoms with E-state index in [-0.39, 0.29) is 0 Å². The maximum Gasteiger partial charge on any atom is 0.0646 e. The Hall–Kier alpha value is 0.650. The Morgan fingerprint density at radius 1 is 0.514 bits per heavy atom. The van der Waals surface area contributed by atoms with Crippen molar-refractivity contribution in [1.29, 1.82) is 0 Å². The molecular formula is C26H60O6P2S. The van der Waals surface area contributed by atoms with Crippen LogP contribution >= 0.6 is 14.5 Å². The van der Waals surface area contributed by atoms with Crippen molar-refractivity contribution in [3.63, 3.8) is 0 Å². The second kappa shape index (κ2) is 19.7. The standard InChI is InChI=1S/2C13H30OP.H2O4S/c2*1-11(2)15(12(3)4,13(5)6)10-8-7-9-14;1-5(2,3)4/h2*11-14H,7-10H2,1-6H3;(H2,1,2,3,4)/q2*+1;/p-2. The highest BCUT2D eigenvalue weighted by atomic mass is 32.3. The van der Waals surface area contributed by atoms with Gasteiger partial charge in [0.25, 0.3) is 0 Å². The number of rotatable bonds is 14. The molecule has 0 radical (unpaired) electrons. The Kier molecular flexibility index (Phi) is 22.6. The van der Waals surface area contributed by atoms with Crippen molar-refractivity contribution in [2.24, 2.45) is 0 Å². The van der Waals surface area contributed by atoms with Gasteiger partial charge >= 0.3 is 0 Å². The lowest BCUT2D eigenvalue weighted by Crippen LogP contribution is -2.26. The fourth-order valence-corrected chi connectivity index (χ4v) is 17.9. The molecule has 0 fully saturated rings. The summed E-state index contributed by atoms with van der Waals surface area (Å²) in [6.45, 7) is 29.5. The first-order chi connectivity index (χ1) is 15.8. The van der Waals surface area contributed by atoms with Crippen LogP contribution in [0.15, 0.2) is 0 Å². The minimum absolute atomic E-state index is 0.355. The molecule has 216 valence electrons. The molecule has 0 unspecified atom stereocenters. The maximum absolute atomic E-state index is 8.89. The minimum atomic E-state index is -5.17. The lowest BCUT2D eigenvalue weighted by atomic mass is 10.4. The highest BCUT2D eigenvalue weighted by Gasteiger charge is 2.47. The molecule has 0 heterocycles. The Morgan fingerprint density at radius 3 is 0.800 bits per heavy atom. The molecule has 0 aromatic rings. The fraction of sp³-hybridized carbons (Fsp3) is 1.00. The number of aliphatic hydroxyl groups is 2. The summed E-state index contributed by atoms with van der Waals surface area (Å²) in [6, 6.07) is 0. The molecule has 0 aliphatic heterocycles. The van der Waals surface area contributed by atoms with Gasteiger partial charge in [-0.2, -0.15) is 0 Å². The van der Waals surface area contributed by atoms with Gasteiger partial charge in [0.1, 0.15) is 0 Å².